The van der Waals surface area contributed by atoms with Crippen molar-refractivity contribution in [1.29, 1.82) is 5.26 Å². The Labute approximate surface area is 208 Å². The van der Waals surface area contributed by atoms with Gasteiger partial charge in [-0.2, -0.15) is 5.26 Å². The van der Waals surface area contributed by atoms with Gasteiger partial charge in [0.05, 0.1) is 37.7 Å². The van der Waals surface area contributed by atoms with E-state index in [9.17, 15) is 25.5 Å². The fourth-order valence-corrected chi connectivity index (χ4v) is 3.81. The van der Waals surface area contributed by atoms with E-state index < -0.39 is 21.2 Å². The lowest BCUT2D eigenvalue weighted by atomic mass is 10.0. The highest BCUT2D eigenvalue weighted by atomic mass is 127. The van der Waals surface area contributed by atoms with Crippen molar-refractivity contribution >= 4 is 45.6 Å². The summed E-state index contributed by atoms with van der Waals surface area (Å²) in [4.78, 5) is 21.0. The SMILES string of the molecule is CCOc1cc(/C=C(\C#N)c2ccc(C)cc2)cc(I)c1Oc1ccc([N+](=O)[O-])cc1[N+](=O)[O-]. The molecule has 10 heteroatoms. The van der Waals surface area contributed by atoms with E-state index in [1.54, 1.807) is 25.1 Å². The van der Waals surface area contributed by atoms with E-state index in [-0.39, 0.29) is 11.5 Å². The van der Waals surface area contributed by atoms with Gasteiger partial charge in [0.2, 0.25) is 5.75 Å². The molecule has 3 rings (SSSR count). The highest BCUT2D eigenvalue weighted by molar-refractivity contribution is 14.1. The zero-order valence-electron chi connectivity index (χ0n) is 18.1. The Morgan fingerprint density at radius 3 is 2.35 bits per heavy atom. The van der Waals surface area contributed by atoms with Crippen molar-refractivity contribution < 1.29 is 19.3 Å². The molecule has 0 fully saturated rings. The van der Waals surface area contributed by atoms with Gasteiger partial charge in [-0.25, -0.2) is 0 Å². The topological polar surface area (TPSA) is 129 Å². The molecule has 0 aliphatic rings. The highest BCUT2D eigenvalue weighted by Crippen LogP contribution is 2.41. The molecule has 0 atom stereocenters. The Hall–Kier alpha value is -3.98. The number of nitro groups is 2. The normalized spacial score (nSPS) is 10.9. The van der Waals surface area contributed by atoms with Crippen molar-refractivity contribution in [1.82, 2.24) is 0 Å². The van der Waals surface area contributed by atoms with Crippen LogP contribution in [0.2, 0.25) is 0 Å². The summed E-state index contributed by atoms with van der Waals surface area (Å²) in [6, 6.07) is 16.4. The summed E-state index contributed by atoms with van der Waals surface area (Å²) >= 11 is 2.01. The van der Waals surface area contributed by atoms with Crippen LogP contribution in [0, 0.1) is 42.1 Å². The monoisotopic (exact) mass is 571 g/mol. The van der Waals surface area contributed by atoms with Crippen LogP contribution in [-0.2, 0) is 0 Å². The van der Waals surface area contributed by atoms with E-state index >= 15 is 0 Å². The summed E-state index contributed by atoms with van der Waals surface area (Å²) in [7, 11) is 0. The van der Waals surface area contributed by atoms with Gasteiger partial charge in [0.15, 0.2) is 11.5 Å². The maximum atomic E-state index is 11.5. The second kappa shape index (κ2) is 10.8. The zero-order chi connectivity index (χ0) is 24.8. The van der Waals surface area contributed by atoms with Crippen molar-refractivity contribution in [2.75, 3.05) is 6.61 Å². The number of hydrogen-bond donors (Lipinski definition) is 0. The fourth-order valence-electron chi connectivity index (χ4n) is 3.07. The lowest BCUT2D eigenvalue weighted by molar-refractivity contribution is -0.394. The standard InChI is InChI=1S/C24H18IN3O6/c1-3-33-23-12-16(10-18(14-26)17-6-4-15(2)5-7-17)11-20(25)24(23)34-22-9-8-19(27(29)30)13-21(22)28(31)32/h4-13H,3H2,1-2H3/b18-10+. The summed E-state index contributed by atoms with van der Waals surface area (Å²) < 4.78 is 12.1. The molecule has 0 spiro atoms. The summed E-state index contributed by atoms with van der Waals surface area (Å²) in [5.41, 5.74) is 2.02. The van der Waals surface area contributed by atoms with E-state index in [1.165, 1.54) is 6.07 Å². The minimum Gasteiger partial charge on any atom is -0.490 e. The number of nitriles is 1. The molecule has 0 aromatic heterocycles. The summed E-state index contributed by atoms with van der Waals surface area (Å²) in [6.07, 6.45) is 1.72. The molecule has 0 saturated carbocycles. The molecule has 0 heterocycles. The summed E-state index contributed by atoms with van der Waals surface area (Å²) in [5.74, 6) is 0.384. The van der Waals surface area contributed by atoms with E-state index in [0.29, 0.717) is 27.1 Å². The van der Waals surface area contributed by atoms with Gasteiger partial charge >= 0.3 is 5.69 Å². The van der Waals surface area contributed by atoms with Gasteiger partial charge in [-0.15, -0.1) is 0 Å². The molecule has 3 aromatic rings. The van der Waals surface area contributed by atoms with Crippen LogP contribution in [0.25, 0.3) is 11.6 Å². The van der Waals surface area contributed by atoms with Crippen LogP contribution in [0.1, 0.15) is 23.6 Å². The second-order valence-electron chi connectivity index (χ2n) is 7.07. The first-order valence-corrected chi connectivity index (χ1v) is 11.1. The van der Waals surface area contributed by atoms with Crippen LogP contribution in [-0.4, -0.2) is 16.5 Å². The van der Waals surface area contributed by atoms with Crippen molar-refractivity contribution in [3.63, 3.8) is 0 Å². The number of benzene rings is 3. The number of allylic oxidation sites excluding steroid dienone is 1. The van der Waals surface area contributed by atoms with Crippen molar-refractivity contribution in [2.45, 2.75) is 13.8 Å². The molecule has 0 aliphatic heterocycles. The fraction of sp³-hybridized carbons (Fsp3) is 0.125. The third kappa shape index (κ3) is 5.68. The molecular formula is C24H18IN3O6. The van der Waals surface area contributed by atoms with Crippen LogP contribution >= 0.6 is 22.6 Å². The Morgan fingerprint density at radius 2 is 1.76 bits per heavy atom. The van der Waals surface area contributed by atoms with Gasteiger partial charge in [-0.3, -0.25) is 20.2 Å². The minimum absolute atomic E-state index is 0.157. The van der Waals surface area contributed by atoms with E-state index in [1.807, 2.05) is 53.8 Å². The third-order valence-electron chi connectivity index (χ3n) is 4.69. The predicted molar refractivity (Wildman–Crippen MR) is 135 cm³/mol. The smallest absolute Gasteiger partial charge is 0.318 e. The number of halogens is 1. The largest absolute Gasteiger partial charge is 0.490 e. The van der Waals surface area contributed by atoms with Crippen molar-refractivity contribution in [3.05, 3.63) is 95.1 Å². The first-order chi connectivity index (χ1) is 16.2. The number of aryl methyl sites for hydroxylation is 1. The van der Waals surface area contributed by atoms with Gasteiger partial charge in [-0.05, 0) is 71.8 Å². The molecule has 0 aliphatic carbocycles. The molecule has 0 bridgehead atoms. The van der Waals surface area contributed by atoms with Gasteiger partial charge in [0, 0.05) is 6.07 Å². The Morgan fingerprint density at radius 1 is 1.06 bits per heavy atom. The third-order valence-corrected chi connectivity index (χ3v) is 5.49. The maximum Gasteiger partial charge on any atom is 0.318 e. The van der Waals surface area contributed by atoms with E-state index in [0.717, 1.165) is 23.3 Å². The van der Waals surface area contributed by atoms with Gasteiger partial charge in [0.1, 0.15) is 0 Å². The second-order valence-corrected chi connectivity index (χ2v) is 8.23. The Kier molecular flexibility index (Phi) is 7.80. The molecule has 3 aromatic carbocycles. The first kappa shape index (κ1) is 24.7. The maximum absolute atomic E-state index is 11.5. The lowest BCUT2D eigenvalue weighted by Gasteiger charge is -2.15. The molecular weight excluding hydrogens is 553 g/mol. The average Bonchev–Trinajstić information content (AvgIpc) is 2.80. The summed E-state index contributed by atoms with van der Waals surface area (Å²) in [6.45, 7) is 4.04. The molecule has 0 saturated heterocycles. The van der Waals surface area contributed by atoms with Gasteiger partial charge < -0.3 is 9.47 Å². The van der Waals surface area contributed by atoms with Crippen LogP contribution < -0.4 is 9.47 Å². The Balaban J connectivity index is 2.06. The molecule has 9 nitrogen and oxygen atoms in total. The Bertz CT molecular complexity index is 1330. The molecule has 0 N–H and O–H groups in total. The van der Waals surface area contributed by atoms with Crippen molar-refractivity contribution in [3.8, 4) is 23.3 Å². The molecule has 0 unspecified atom stereocenters. The summed E-state index contributed by atoms with van der Waals surface area (Å²) in [5, 5.41) is 32.1. The first-order valence-electron chi connectivity index (χ1n) is 9.99. The molecule has 34 heavy (non-hydrogen) atoms. The number of rotatable bonds is 8. The van der Waals surface area contributed by atoms with E-state index in [2.05, 4.69) is 6.07 Å². The quantitative estimate of drug-likeness (QED) is 0.0971. The molecule has 0 amide bonds. The van der Waals surface area contributed by atoms with Crippen molar-refractivity contribution in [2.24, 2.45) is 0 Å². The number of hydrogen-bond acceptors (Lipinski definition) is 7. The zero-order valence-corrected chi connectivity index (χ0v) is 20.3. The number of ether oxygens (including phenoxy) is 2. The number of nitrogens with zero attached hydrogens (tertiary/aromatic N) is 3. The number of nitro benzene ring substituents is 2. The van der Waals surface area contributed by atoms with E-state index in [4.69, 9.17) is 9.47 Å². The van der Waals surface area contributed by atoms with Crippen LogP contribution in [0.3, 0.4) is 0 Å². The minimum atomic E-state index is -0.743. The number of non-ortho nitro benzene ring substituents is 1. The predicted octanol–water partition coefficient (Wildman–Crippen LogP) is 6.67. The van der Waals surface area contributed by atoms with Gasteiger partial charge in [-0.1, -0.05) is 29.8 Å². The van der Waals surface area contributed by atoms with Crippen LogP contribution in [0.4, 0.5) is 11.4 Å². The lowest BCUT2D eigenvalue weighted by Crippen LogP contribution is -2.00. The molecule has 172 valence electrons. The average molecular weight is 571 g/mol. The highest BCUT2D eigenvalue weighted by Gasteiger charge is 2.23. The van der Waals surface area contributed by atoms with Gasteiger partial charge in [0.25, 0.3) is 5.69 Å². The molecule has 0 radical (unpaired) electrons. The van der Waals surface area contributed by atoms with Crippen LogP contribution in [0.5, 0.6) is 17.2 Å². The van der Waals surface area contributed by atoms with Crippen LogP contribution in [0.15, 0.2) is 54.6 Å².